The Balaban J connectivity index is 1.89. The minimum absolute atomic E-state index is 0.147. The zero-order valence-electron chi connectivity index (χ0n) is 17.9. The van der Waals surface area contributed by atoms with Gasteiger partial charge in [-0.15, -0.1) is 0 Å². The smallest absolute Gasteiger partial charge is 0.0622 e. The molecule has 0 aliphatic rings. The Morgan fingerprint density at radius 1 is 0.643 bits per heavy atom. The predicted molar refractivity (Wildman–Crippen MR) is 127 cm³/mol. The first-order valence-corrected chi connectivity index (χ1v) is 10.8. The van der Waals surface area contributed by atoms with Gasteiger partial charge in [0.1, 0.15) is 0 Å². The fourth-order valence-electron chi connectivity index (χ4n) is 3.00. The first-order chi connectivity index (χ1) is 13.1. The van der Waals surface area contributed by atoms with Crippen LogP contribution in [-0.4, -0.2) is 0 Å². The fourth-order valence-corrected chi connectivity index (χ4v) is 4.07. The molecule has 0 radical (unpaired) electrons. The van der Waals surface area contributed by atoms with Crippen LogP contribution in [0.1, 0.15) is 62.4 Å². The number of hydrogen-bond acceptors (Lipinski definition) is 0. The minimum atomic E-state index is 0.147. The van der Waals surface area contributed by atoms with E-state index in [0.29, 0.717) is 0 Å². The summed E-state index contributed by atoms with van der Waals surface area (Å²) in [5.74, 6) is 0. The van der Waals surface area contributed by atoms with Crippen molar-refractivity contribution >= 4 is 23.5 Å². The van der Waals surface area contributed by atoms with E-state index in [1.807, 2.05) is 11.3 Å². The average molecular weight is 388 g/mol. The summed E-state index contributed by atoms with van der Waals surface area (Å²) in [5.41, 5.74) is 5.44. The predicted octanol–water partition coefficient (Wildman–Crippen LogP) is 8.46. The van der Waals surface area contributed by atoms with Crippen molar-refractivity contribution in [3.05, 3.63) is 87.6 Å². The van der Waals surface area contributed by atoms with Crippen molar-refractivity contribution in [1.82, 2.24) is 0 Å². The summed E-state index contributed by atoms with van der Waals surface area (Å²) in [6.07, 6.45) is 4.48. The SMILES string of the molecule is CC(C)(C)c1cc(/C=C/c2ccc(-c3ccccc3)cc2)[s+]c(C(C)(C)C)c1. The van der Waals surface area contributed by atoms with Gasteiger partial charge in [-0.05, 0) is 33.7 Å². The normalized spacial score (nSPS) is 12.5. The van der Waals surface area contributed by atoms with Gasteiger partial charge in [0.25, 0.3) is 0 Å². The Hall–Kier alpha value is -2.25. The van der Waals surface area contributed by atoms with E-state index in [9.17, 15) is 0 Å². The highest BCUT2D eigenvalue weighted by atomic mass is 32.1. The largest absolute Gasteiger partial charge is 0.231 e. The van der Waals surface area contributed by atoms with Crippen LogP contribution in [0, 0.1) is 0 Å². The van der Waals surface area contributed by atoms with E-state index in [-0.39, 0.29) is 10.8 Å². The molecule has 0 aliphatic carbocycles. The molecule has 3 rings (SSSR count). The van der Waals surface area contributed by atoms with Crippen LogP contribution in [0.2, 0.25) is 0 Å². The van der Waals surface area contributed by atoms with Gasteiger partial charge in [-0.25, -0.2) is 0 Å². The molecule has 0 saturated carbocycles. The summed E-state index contributed by atoms with van der Waals surface area (Å²) in [7, 11) is 0. The number of benzene rings is 2. The second kappa shape index (κ2) is 8.01. The number of rotatable bonds is 3. The molecule has 0 N–H and O–H groups in total. The molecule has 0 fully saturated rings. The third-order valence-corrected chi connectivity index (χ3v) is 6.32. The van der Waals surface area contributed by atoms with Crippen molar-refractivity contribution < 1.29 is 0 Å². The van der Waals surface area contributed by atoms with Gasteiger partial charge in [-0.1, -0.05) is 96.1 Å². The molecule has 28 heavy (non-hydrogen) atoms. The molecule has 1 aromatic heterocycles. The van der Waals surface area contributed by atoms with Gasteiger partial charge in [0.2, 0.25) is 21.1 Å². The van der Waals surface area contributed by atoms with Gasteiger partial charge in [-0.2, -0.15) is 0 Å². The van der Waals surface area contributed by atoms with E-state index in [2.05, 4.69) is 120 Å². The summed E-state index contributed by atoms with van der Waals surface area (Å²) in [6.45, 7) is 13.7. The highest BCUT2D eigenvalue weighted by Crippen LogP contribution is 2.34. The first-order valence-electron chi connectivity index (χ1n) is 9.96. The third kappa shape index (κ3) is 5.17. The van der Waals surface area contributed by atoms with Crippen molar-refractivity contribution in [3.63, 3.8) is 0 Å². The van der Waals surface area contributed by atoms with Crippen LogP contribution in [0.4, 0.5) is 0 Å². The maximum absolute atomic E-state index is 2.39. The van der Waals surface area contributed by atoms with E-state index in [4.69, 9.17) is 0 Å². The molecule has 3 aromatic rings. The van der Waals surface area contributed by atoms with Crippen LogP contribution >= 0.6 is 11.3 Å². The molecular formula is C27H31S+. The van der Waals surface area contributed by atoms with Crippen LogP contribution in [0.5, 0.6) is 0 Å². The molecule has 0 amide bonds. The molecule has 1 heterocycles. The molecule has 0 aliphatic heterocycles. The van der Waals surface area contributed by atoms with E-state index >= 15 is 0 Å². The van der Waals surface area contributed by atoms with Gasteiger partial charge in [0, 0.05) is 23.6 Å². The maximum Gasteiger partial charge on any atom is 0.231 e. The van der Waals surface area contributed by atoms with Gasteiger partial charge in [-0.3, -0.25) is 0 Å². The Kier molecular flexibility index (Phi) is 5.86. The Labute approximate surface area is 174 Å². The second-order valence-corrected chi connectivity index (χ2v) is 10.5. The zero-order chi connectivity index (χ0) is 20.4. The van der Waals surface area contributed by atoms with Crippen LogP contribution in [-0.2, 0) is 10.8 Å². The highest BCUT2D eigenvalue weighted by Gasteiger charge is 2.28. The average Bonchev–Trinajstić information content (AvgIpc) is 2.66. The molecule has 0 atom stereocenters. The lowest BCUT2D eigenvalue weighted by atomic mass is 9.85. The van der Waals surface area contributed by atoms with Crippen molar-refractivity contribution in [2.75, 3.05) is 0 Å². The van der Waals surface area contributed by atoms with Crippen LogP contribution in [0.15, 0.2) is 66.7 Å². The molecule has 1 heteroatoms. The van der Waals surface area contributed by atoms with E-state index in [1.165, 1.54) is 32.0 Å². The lowest BCUT2D eigenvalue weighted by Gasteiger charge is -2.20. The topological polar surface area (TPSA) is 0 Å². The summed E-state index contributed by atoms with van der Waals surface area (Å²) in [4.78, 5) is 2.74. The molecule has 144 valence electrons. The summed E-state index contributed by atoms with van der Waals surface area (Å²) >= 11 is 1.89. The Morgan fingerprint density at radius 3 is 1.82 bits per heavy atom. The fraction of sp³-hybridized carbons (Fsp3) is 0.296. The quantitative estimate of drug-likeness (QED) is 0.395. The third-order valence-electron chi connectivity index (χ3n) is 4.88. The Morgan fingerprint density at radius 2 is 1.25 bits per heavy atom. The Bertz CT molecular complexity index is 918. The molecular weight excluding hydrogens is 356 g/mol. The number of hydrogen-bond donors (Lipinski definition) is 0. The first kappa shape index (κ1) is 20.5. The van der Waals surface area contributed by atoms with Crippen molar-refractivity contribution in [1.29, 1.82) is 0 Å². The monoisotopic (exact) mass is 387 g/mol. The molecule has 0 bridgehead atoms. The molecule has 0 unspecified atom stereocenters. The van der Waals surface area contributed by atoms with Crippen LogP contribution < -0.4 is 0 Å². The van der Waals surface area contributed by atoms with Gasteiger partial charge >= 0.3 is 0 Å². The summed E-state index contributed by atoms with van der Waals surface area (Å²) in [6, 6.07) is 24.0. The lowest BCUT2D eigenvalue weighted by Crippen LogP contribution is -2.15. The van der Waals surface area contributed by atoms with Crippen molar-refractivity contribution in [2.45, 2.75) is 52.4 Å². The summed E-state index contributed by atoms with van der Waals surface area (Å²) < 4.78 is 0. The molecule has 0 spiro atoms. The second-order valence-electron chi connectivity index (χ2n) is 9.43. The maximum atomic E-state index is 2.39. The minimum Gasteiger partial charge on any atom is -0.0622 e. The van der Waals surface area contributed by atoms with E-state index in [1.54, 1.807) is 0 Å². The molecule has 0 nitrogen and oxygen atoms in total. The van der Waals surface area contributed by atoms with Crippen molar-refractivity contribution in [3.8, 4) is 11.1 Å². The van der Waals surface area contributed by atoms with E-state index in [0.717, 1.165) is 0 Å². The molecule has 2 aromatic carbocycles. The zero-order valence-corrected chi connectivity index (χ0v) is 18.7. The van der Waals surface area contributed by atoms with Gasteiger partial charge in [0.15, 0.2) is 0 Å². The highest BCUT2D eigenvalue weighted by molar-refractivity contribution is 7.12. The van der Waals surface area contributed by atoms with E-state index < -0.39 is 0 Å². The summed E-state index contributed by atoms with van der Waals surface area (Å²) in [5, 5.41) is 0. The lowest BCUT2D eigenvalue weighted by molar-refractivity contribution is 0.576. The molecule has 0 saturated heterocycles. The van der Waals surface area contributed by atoms with Gasteiger partial charge in [0.05, 0.1) is 0 Å². The van der Waals surface area contributed by atoms with Crippen LogP contribution in [0.25, 0.3) is 23.3 Å². The standard InChI is InChI=1S/C27H31S/c1-26(2,3)23-18-24(28-25(19-23)27(4,5)6)17-14-20-12-15-22(16-13-20)21-10-8-7-9-11-21/h7-19H,1-6H3/q+1/b17-14+. The van der Waals surface area contributed by atoms with Crippen molar-refractivity contribution in [2.24, 2.45) is 0 Å². The van der Waals surface area contributed by atoms with Gasteiger partial charge < -0.3 is 0 Å². The van der Waals surface area contributed by atoms with Crippen LogP contribution in [0.3, 0.4) is 0 Å².